The third-order valence-electron chi connectivity index (χ3n) is 7.26. The summed E-state index contributed by atoms with van der Waals surface area (Å²) >= 11 is 0. The van der Waals surface area contributed by atoms with Crippen LogP contribution in [0.4, 0.5) is 0 Å². The van der Waals surface area contributed by atoms with E-state index < -0.39 is 5.97 Å². The fraction of sp³-hybridized carbons (Fsp3) is 0.765. The van der Waals surface area contributed by atoms with Crippen molar-refractivity contribution < 1.29 is 19.1 Å². The standard InChI is InChI=1S/C34H58O4/c1-2-3-4-5-19-25-30-38-34(36)33(35)28-23-17-15-13-11-9-7-6-8-10-12-14-16-18-24-29-37-31-32-26-21-20-22-27-32/h20-22,26-27H,2-19,23-25,28-31H2,1H3. The van der Waals surface area contributed by atoms with Crippen LogP contribution in [0.15, 0.2) is 30.3 Å². The minimum atomic E-state index is -0.623. The Morgan fingerprint density at radius 3 is 1.53 bits per heavy atom. The van der Waals surface area contributed by atoms with Gasteiger partial charge in [-0.25, -0.2) is 4.79 Å². The monoisotopic (exact) mass is 530 g/mol. The van der Waals surface area contributed by atoms with E-state index in [1.54, 1.807) is 0 Å². The van der Waals surface area contributed by atoms with Crippen molar-refractivity contribution in [2.24, 2.45) is 0 Å². The van der Waals surface area contributed by atoms with Crippen molar-refractivity contribution >= 4 is 11.8 Å². The van der Waals surface area contributed by atoms with Crippen LogP contribution in [-0.2, 0) is 25.7 Å². The molecule has 0 atom stereocenters. The van der Waals surface area contributed by atoms with E-state index in [-0.39, 0.29) is 5.78 Å². The lowest BCUT2D eigenvalue weighted by Gasteiger charge is -2.05. The molecule has 0 N–H and O–H groups in total. The second-order valence-corrected chi connectivity index (χ2v) is 10.9. The van der Waals surface area contributed by atoms with Crippen molar-refractivity contribution in [3.63, 3.8) is 0 Å². The minimum absolute atomic E-state index is 0.344. The fourth-order valence-corrected chi connectivity index (χ4v) is 4.78. The van der Waals surface area contributed by atoms with E-state index in [4.69, 9.17) is 9.47 Å². The molecule has 1 aromatic carbocycles. The average molecular weight is 531 g/mol. The summed E-state index contributed by atoms with van der Waals surface area (Å²) in [5.74, 6) is -0.966. The van der Waals surface area contributed by atoms with Crippen LogP contribution in [0.5, 0.6) is 0 Å². The molecule has 0 aliphatic carbocycles. The van der Waals surface area contributed by atoms with Crippen LogP contribution in [0.1, 0.15) is 154 Å². The summed E-state index contributed by atoms with van der Waals surface area (Å²) in [6, 6.07) is 10.4. The Morgan fingerprint density at radius 2 is 1.00 bits per heavy atom. The predicted molar refractivity (Wildman–Crippen MR) is 159 cm³/mol. The summed E-state index contributed by atoms with van der Waals surface area (Å²) in [5.41, 5.74) is 1.26. The Morgan fingerprint density at radius 1 is 0.553 bits per heavy atom. The maximum absolute atomic E-state index is 11.9. The van der Waals surface area contributed by atoms with Crippen molar-refractivity contribution in [2.75, 3.05) is 13.2 Å². The van der Waals surface area contributed by atoms with Gasteiger partial charge in [0.1, 0.15) is 0 Å². The number of benzene rings is 1. The quantitative estimate of drug-likeness (QED) is 0.0614. The maximum atomic E-state index is 11.9. The smallest absolute Gasteiger partial charge is 0.374 e. The molecule has 38 heavy (non-hydrogen) atoms. The van der Waals surface area contributed by atoms with E-state index in [0.717, 1.165) is 45.3 Å². The molecular formula is C34H58O4. The van der Waals surface area contributed by atoms with E-state index >= 15 is 0 Å². The molecule has 0 bridgehead atoms. The first-order valence-electron chi connectivity index (χ1n) is 16.1. The van der Waals surface area contributed by atoms with Crippen molar-refractivity contribution in [1.29, 1.82) is 0 Å². The van der Waals surface area contributed by atoms with Crippen LogP contribution in [0.3, 0.4) is 0 Å². The lowest BCUT2D eigenvalue weighted by atomic mass is 10.0. The number of esters is 1. The second kappa shape index (κ2) is 26.9. The fourth-order valence-electron chi connectivity index (χ4n) is 4.78. The van der Waals surface area contributed by atoms with Gasteiger partial charge in [0.2, 0.25) is 5.78 Å². The highest BCUT2D eigenvalue weighted by Gasteiger charge is 2.14. The molecule has 0 aliphatic heterocycles. The topological polar surface area (TPSA) is 52.6 Å². The van der Waals surface area contributed by atoms with Gasteiger partial charge in [0.25, 0.3) is 0 Å². The van der Waals surface area contributed by atoms with Crippen LogP contribution in [-0.4, -0.2) is 25.0 Å². The van der Waals surface area contributed by atoms with Gasteiger partial charge in [0.05, 0.1) is 13.2 Å². The number of ketones is 1. The van der Waals surface area contributed by atoms with Crippen LogP contribution < -0.4 is 0 Å². The Balaban J connectivity index is 1.73. The van der Waals surface area contributed by atoms with Crippen LogP contribution in [0.2, 0.25) is 0 Å². The Bertz CT molecular complexity index is 658. The summed E-state index contributed by atoms with van der Waals surface area (Å²) in [6.45, 7) is 4.20. The molecule has 0 aliphatic rings. The molecule has 0 unspecified atom stereocenters. The van der Waals surface area contributed by atoms with E-state index in [0.29, 0.717) is 13.0 Å². The first-order valence-corrected chi connectivity index (χ1v) is 16.1. The summed E-state index contributed by atoms with van der Waals surface area (Å²) in [4.78, 5) is 23.6. The van der Waals surface area contributed by atoms with Crippen molar-refractivity contribution in [3.05, 3.63) is 35.9 Å². The first kappa shape index (κ1) is 34.3. The lowest BCUT2D eigenvalue weighted by Crippen LogP contribution is -2.17. The number of ether oxygens (including phenoxy) is 2. The molecule has 0 amide bonds. The van der Waals surface area contributed by atoms with Gasteiger partial charge in [0, 0.05) is 13.0 Å². The molecule has 0 spiro atoms. The van der Waals surface area contributed by atoms with E-state index in [2.05, 4.69) is 31.2 Å². The van der Waals surface area contributed by atoms with E-state index in [9.17, 15) is 9.59 Å². The molecule has 1 aromatic rings. The van der Waals surface area contributed by atoms with Gasteiger partial charge in [-0.2, -0.15) is 0 Å². The highest BCUT2D eigenvalue weighted by Crippen LogP contribution is 2.14. The van der Waals surface area contributed by atoms with E-state index in [1.165, 1.54) is 108 Å². The number of rotatable bonds is 28. The molecular weight excluding hydrogens is 472 g/mol. The minimum Gasteiger partial charge on any atom is -0.460 e. The number of carbonyl (C=O) groups excluding carboxylic acids is 2. The largest absolute Gasteiger partial charge is 0.460 e. The number of unbranched alkanes of at least 4 members (excludes halogenated alkanes) is 19. The van der Waals surface area contributed by atoms with Crippen LogP contribution in [0, 0.1) is 0 Å². The van der Waals surface area contributed by atoms with Crippen molar-refractivity contribution in [2.45, 2.75) is 155 Å². The molecule has 218 valence electrons. The van der Waals surface area contributed by atoms with Gasteiger partial charge in [0.15, 0.2) is 0 Å². The summed E-state index contributed by atoms with van der Waals surface area (Å²) < 4.78 is 10.9. The highest BCUT2D eigenvalue weighted by atomic mass is 16.5. The van der Waals surface area contributed by atoms with Gasteiger partial charge < -0.3 is 9.47 Å². The van der Waals surface area contributed by atoms with E-state index in [1.807, 2.05) is 6.07 Å². The zero-order chi connectivity index (χ0) is 27.4. The van der Waals surface area contributed by atoms with Crippen molar-refractivity contribution in [3.8, 4) is 0 Å². The average Bonchev–Trinajstić information content (AvgIpc) is 2.94. The SMILES string of the molecule is CCCCCCCCOC(=O)C(=O)CCCCCCCCCCCCCCCCCOCc1ccccc1. The van der Waals surface area contributed by atoms with Gasteiger partial charge in [-0.15, -0.1) is 0 Å². The molecule has 0 radical (unpaired) electrons. The summed E-state index contributed by atoms with van der Waals surface area (Å²) in [5, 5.41) is 0. The molecule has 0 saturated heterocycles. The highest BCUT2D eigenvalue weighted by molar-refractivity contribution is 6.33. The van der Waals surface area contributed by atoms with Gasteiger partial charge >= 0.3 is 5.97 Å². The number of carbonyl (C=O) groups is 2. The van der Waals surface area contributed by atoms with Crippen LogP contribution >= 0.6 is 0 Å². The van der Waals surface area contributed by atoms with Gasteiger partial charge in [-0.1, -0.05) is 153 Å². The van der Waals surface area contributed by atoms with Gasteiger partial charge in [-0.05, 0) is 24.8 Å². The zero-order valence-corrected chi connectivity index (χ0v) is 24.7. The Hall–Kier alpha value is -1.68. The molecule has 4 nitrogen and oxygen atoms in total. The molecule has 4 heteroatoms. The first-order chi connectivity index (χ1) is 18.7. The molecule has 0 aromatic heterocycles. The second-order valence-electron chi connectivity index (χ2n) is 10.9. The van der Waals surface area contributed by atoms with Crippen LogP contribution in [0.25, 0.3) is 0 Å². The number of hydrogen-bond donors (Lipinski definition) is 0. The van der Waals surface area contributed by atoms with Crippen molar-refractivity contribution in [1.82, 2.24) is 0 Å². The normalized spacial score (nSPS) is 11.1. The zero-order valence-electron chi connectivity index (χ0n) is 24.7. The molecule has 0 heterocycles. The molecule has 0 saturated carbocycles. The number of Topliss-reactive ketones (excluding diaryl/α,β-unsaturated/α-hetero) is 1. The summed E-state index contributed by atoms with van der Waals surface area (Å²) in [7, 11) is 0. The lowest BCUT2D eigenvalue weighted by molar-refractivity contribution is -0.154. The van der Waals surface area contributed by atoms with Gasteiger partial charge in [-0.3, -0.25) is 4.79 Å². The number of hydrogen-bond acceptors (Lipinski definition) is 4. The molecule has 0 fully saturated rings. The third kappa shape index (κ3) is 22.3. The predicted octanol–water partition coefficient (Wildman–Crippen LogP) is 9.92. The maximum Gasteiger partial charge on any atom is 0.374 e. The molecule has 1 rings (SSSR count). The summed E-state index contributed by atoms with van der Waals surface area (Å²) in [6.07, 6.45) is 26.1. The Labute approximate surface area is 234 Å². The Kier molecular flexibility index (Phi) is 24.3. The third-order valence-corrected chi connectivity index (χ3v) is 7.26.